The minimum Gasteiger partial charge on any atom is -0.384 e. The summed E-state index contributed by atoms with van der Waals surface area (Å²) >= 11 is 1.54. The van der Waals surface area contributed by atoms with Gasteiger partial charge in [-0.05, 0) is 51.7 Å². The van der Waals surface area contributed by atoms with Crippen LogP contribution in [0.3, 0.4) is 0 Å². The van der Waals surface area contributed by atoms with Gasteiger partial charge in [-0.3, -0.25) is 19.4 Å². The van der Waals surface area contributed by atoms with E-state index < -0.39 is 5.60 Å². The molecule has 2 aromatic heterocycles. The summed E-state index contributed by atoms with van der Waals surface area (Å²) in [5.41, 5.74) is 3.33. The monoisotopic (exact) mass is 468 g/mol. The summed E-state index contributed by atoms with van der Waals surface area (Å²) < 4.78 is 1.96. The number of likely N-dealkylation sites (tertiary alicyclic amines) is 1. The third-order valence-electron chi connectivity index (χ3n) is 7.09. The van der Waals surface area contributed by atoms with Gasteiger partial charge in [0.15, 0.2) is 5.82 Å². The number of aryl methyl sites for hydroxylation is 2. The van der Waals surface area contributed by atoms with Crippen LogP contribution in [0.4, 0.5) is 5.82 Å². The van der Waals surface area contributed by atoms with Gasteiger partial charge in [-0.2, -0.15) is 5.10 Å². The van der Waals surface area contributed by atoms with Gasteiger partial charge in [0.1, 0.15) is 5.60 Å². The molecule has 0 radical (unpaired) electrons. The number of fused-ring (bicyclic) bond motifs is 1. The molecule has 3 N–H and O–H groups in total. The fourth-order valence-electron chi connectivity index (χ4n) is 5.15. The van der Waals surface area contributed by atoms with Gasteiger partial charge in [0.25, 0.3) is 0 Å². The largest absolute Gasteiger partial charge is 0.384 e. The van der Waals surface area contributed by atoms with Crippen molar-refractivity contribution < 1.29 is 9.90 Å². The molecule has 5 rings (SSSR count). The van der Waals surface area contributed by atoms with E-state index in [-0.39, 0.29) is 18.5 Å². The molecule has 9 heteroatoms. The molecule has 0 bridgehead atoms. The minimum atomic E-state index is -0.713. The van der Waals surface area contributed by atoms with Crippen molar-refractivity contribution in [1.82, 2.24) is 25.0 Å². The van der Waals surface area contributed by atoms with E-state index in [4.69, 9.17) is 0 Å². The second-order valence-electron chi connectivity index (χ2n) is 9.39. The first kappa shape index (κ1) is 22.3. The van der Waals surface area contributed by atoms with Gasteiger partial charge < -0.3 is 15.7 Å². The first-order valence-corrected chi connectivity index (χ1v) is 12.7. The van der Waals surface area contributed by atoms with Crippen LogP contribution in [0.15, 0.2) is 29.9 Å². The van der Waals surface area contributed by atoms with Crippen molar-refractivity contribution in [3.8, 4) is 0 Å². The fraction of sp³-hybridized carbons (Fsp3) is 0.542. The molecule has 3 heterocycles. The number of thiazole rings is 1. The zero-order chi connectivity index (χ0) is 23.0. The Balaban J connectivity index is 1.08. The van der Waals surface area contributed by atoms with E-state index in [1.54, 1.807) is 11.7 Å². The van der Waals surface area contributed by atoms with E-state index in [9.17, 15) is 9.90 Å². The third-order valence-corrected chi connectivity index (χ3v) is 8.05. The second kappa shape index (κ2) is 9.04. The van der Waals surface area contributed by atoms with E-state index in [0.717, 1.165) is 66.9 Å². The van der Waals surface area contributed by atoms with Gasteiger partial charge in [0, 0.05) is 37.3 Å². The molecule has 1 aromatic carbocycles. The lowest BCUT2D eigenvalue weighted by Crippen LogP contribution is -2.63. The lowest BCUT2D eigenvalue weighted by molar-refractivity contribution is -0.121. The van der Waals surface area contributed by atoms with Crippen LogP contribution in [0.25, 0.3) is 10.9 Å². The van der Waals surface area contributed by atoms with Gasteiger partial charge >= 0.3 is 0 Å². The summed E-state index contributed by atoms with van der Waals surface area (Å²) in [4.78, 5) is 20.1. The van der Waals surface area contributed by atoms with Crippen LogP contribution in [0.5, 0.6) is 0 Å². The number of nitrogens with zero attached hydrogens (tertiary/aromatic N) is 4. The highest BCUT2D eigenvalue weighted by Gasteiger charge is 2.41. The van der Waals surface area contributed by atoms with Crippen molar-refractivity contribution >= 4 is 34.0 Å². The quantitative estimate of drug-likeness (QED) is 0.494. The molecule has 1 saturated carbocycles. The Labute approximate surface area is 198 Å². The minimum absolute atomic E-state index is 0.00489. The normalized spacial score (nSPS) is 24.0. The molecular formula is C24H32N6O2S. The standard InChI is InChI=1S/C24H32N6O2S/c1-3-30-20-5-4-16(2)10-19(20)23(28-30)26-12-22(31)27-17-13-29(14-17)18-6-8-24(32,9-7-18)21-11-25-15-33-21/h4-5,10-11,15,17-18,32H,3,6-9,12-14H2,1-2H3,(H,26,28)(H,27,31). The maximum absolute atomic E-state index is 12.5. The fourth-order valence-corrected chi connectivity index (χ4v) is 5.93. The predicted molar refractivity (Wildman–Crippen MR) is 130 cm³/mol. The third kappa shape index (κ3) is 4.49. The highest BCUT2D eigenvalue weighted by atomic mass is 32.1. The maximum atomic E-state index is 12.5. The van der Waals surface area contributed by atoms with Crippen LogP contribution >= 0.6 is 11.3 Å². The number of hydrogen-bond acceptors (Lipinski definition) is 7. The Kier molecular flexibility index (Phi) is 6.11. The summed E-state index contributed by atoms with van der Waals surface area (Å²) in [7, 11) is 0. The second-order valence-corrected chi connectivity index (χ2v) is 10.3. The molecule has 1 aliphatic carbocycles. The molecule has 2 fully saturated rings. The van der Waals surface area contributed by atoms with Crippen molar-refractivity contribution in [3.63, 3.8) is 0 Å². The number of anilines is 1. The molecule has 0 spiro atoms. The average Bonchev–Trinajstić information content (AvgIpc) is 3.44. The summed E-state index contributed by atoms with van der Waals surface area (Å²) in [6.07, 6.45) is 5.29. The summed E-state index contributed by atoms with van der Waals surface area (Å²) in [6, 6.07) is 6.95. The Bertz CT molecular complexity index is 1110. The number of carbonyl (C=O) groups excluding carboxylic acids is 1. The Morgan fingerprint density at radius 3 is 2.79 bits per heavy atom. The molecule has 3 aromatic rings. The van der Waals surface area contributed by atoms with Crippen molar-refractivity contribution in [3.05, 3.63) is 40.3 Å². The lowest BCUT2D eigenvalue weighted by atomic mass is 9.80. The molecule has 1 aliphatic heterocycles. The molecular weight excluding hydrogens is 436 g/mol. The van der Waals surface area contributed by atoms with Crippen LogP contribution in [-0.4, -0.2) is 62.4 Å². The van der Waals surface area contributed by atoms with Gasteiger partial charge in [0.2, 0.25) is 5.91 Å². The van der Waals surface area contributed by atoms with Crippen molar-refractivity contribution in [2.24, 2.45) is 0 Å². The zero-order valence-electron chi connectivity index (χ0n) is 19.3. The SMILES string of the molecule is CCn1nc(NCC(=O)NC2CN(C3CCC(O)(c4cncs4)CC3)C2)c2cc(C)ccc21. The number of hydrogen-bond donors (Lipinski definition) is 3. The van der Waals surface area contributed by atoms with Crippen LogP contribution in [-0.2, 0) is 16.9 Å². The van der Waals surface area contributed by atoms with E-state index in [1.807, 2.05) is 4.68 Å². The van der Waals surface area contributed by atoms with Gasteiger partial charge in [-0.15, -0.1) is 11.3 Å². The molecule has 1 amide bonds. The van der Waals surface area contributed by atoms with Crippen molar-refractivity contribution in [1.29, 1.82) is 0 Å². The number of benzene rings is 1. The van der Waals surface area contributed by atoms with Crippen LogP contribution in [0.1, 0.15) is 43.0 Å². The van der Waals surface area contributed by atoms with Crippen LogP contribution < -0.4 is 10.6 Å². The topological polar surface area (TPSA) is 95.3 Å². The van der Waals surface area contributed by atoms with Gasteiger partial charge in [-0.25, -0.2) is 0 Å². The highest BCUT2D eigenvalue weighted by molar-refractivity contribution is 7.09. The number of aromatic nitrogens is 3. The summed E-state index contributed by atoms with van der Waals surface area (Å²) in [5.74, 6) is 0.756. The average molecular weight is 469 g/mol. The number of aliphatic hydroxyl groups is 1. The Morgan fingerprint density at radius 1 is 1.30 bits per heavy atom. The first-order valence-electron chi connectivity index (χ1n) is 11.8. The van der Waals surface area contributed by atoms with Crippen molar-refractivity contribution in [2.75, 3.05) is 25.0 Å². The number of amides is 1. The molecule has 0 unspecified atom stereocenters. The number of nitrogens with one attached hydrogen (secondary N) is 2. The van der Waals surface area contributed by atoms with E-state index >= 15 is 0 Å². The van der Waals surface area contributed by atoms with E-state index in [1.165, 1.54) is 16.9 Å². The van der Waals surface area contributed by atoms with Gasteiger partial charge in [0.05, 0.1) is 28.5 Å². The van der Waals surface area contributed by atoms with E-state index in [0.29, 0.717) is 6.04 Å². The Morgan fingerprint density at radius 2 is 2.09 bits per heavy atom. The molecule has 33 heavy (non-hydrogen) atoms. The molecule has 2 aliphatic rings. The maximum Gasteiger partial charge on any atom is 0.239 e. The number of carbonyl (C=O) groups is 1. The summed E-state index contributed by atoms with van der Waals surface area (Å²) in [5, 5.41) is 23.0. The van der Waals surface area contributed by atoms with Crippen LogP contribution in [0.2, 0.25) is 0 Å². The molecule has 0 atom stereocenters. The van der Waals surface area contributed by atoms with Crippen molar-refractivity contribution in [2.45, 2.75) is 63.8 Å². The Hall–Kier alpha value is -2.49. The first-order chi connectivity index (χ1) is 15.9. The summed E-state index contributed by atoms with van der Waals surface area (Å²) in [6.45, 7) is 6.88. The van der Waals surface area contributed by atoms with E-state index in [2.05, 4.69) is 57.7 Å². The van der Waals surface area contributed by atoms with Gasteiger partial charge in [-0.1, -0.05) is 11.6 Å². The molecule has 8 nitrogen and oxygen atoms in total. The highest BCUT2D eigenvalue weighted by Crippen LogP contribution is 2.40. The smallest absolute Gasteiger partial charge is 0.239 e. The van der Waals surface area contributed by atoms with Crippen LogP contribution in [0, 0.1) is 6.92 Å². The molecule has 1 saturated heterocycles. The zero-order valence-corrected chi connectivity index (χ0v) is 20.1. The predicted octanol–water partition coefficient (Wildman–Crippen LogP) is 2.86. The molecule has 176 valence electrons. The number of rotatable bonds is 7. The lowest BCUT2D eigenvalue weighted by Gasteiger charge is -2.48.